The topological polar surface area (TPSA) is 51.9 Å². The van der Waals surface area contributed by atoms with Gasteiger partial charge in [-0.05, 0) is 42.0 Å². The molecule has 0 aliphatic heterocycles. The Morgan fingerprint density at radius 1 is 1.15 bits per heavy atom. The van der Waals surface area contributed by atoms with E-state index in [-0.39, 0.29) is 5.91 Å². The average Bonchev–Trinajstić information content (AvgIpc) is 3.24. The molecule has 0 saturated heterocycles. The van der Waals surface area contributed by atoms with Gasteiger partial charge in [-0.15, -0.1) is 0 Å². The minimum Gasteiger partial charge on any atom is -0.340 e. The summed E-state index contributed by atoms with van der Waals surface area (Å²) < 4.78 is 3.69. The van der Waals surface area contributed by atoms with E-state index in [1.165, 1.54) is 0 Å². The van der Waals surface area contributed by atoms with Crippen molar-refractivity contribution in [2.45, 2.75) is 6.54 Å². The second-order valence-corrected chi connectivity index (χ2v) is 6.53. The lowest BCUT2D eigenvalue weighted by molar-refractivity contribution is 0.102. The van der Waals surface area contributed by atoms with E-state index < -0.39 is 0 Å². The first kappa shape index (κ1) is 16.4. The maximum Gasteiger partial charge on any atom is 0.272 e. The first-order valence-corrected chi connectivity index (χ1v) is 8.61. The highest BCUT2D eigenvalue weighted by atomic mass is 35.5. The van der Waals surface area contributed by atoms with Gasteiger partial charge in [0.15, 0.2) is 0 Å². The molecule has 1 N–H and O–H groups in total. The zero-order valence-corrected chi connectivity index (χ0v) is 14.9. The number of nitrogens with zero attached hydrogens (tertiary/aromatic N) is 3. The number of rotatable bonds is 4. The van der Waals surface area contributed by atoms with Crippen LogP contribution in [0, 0.1) is 0 Å². The molecule has 0 radical (unpaired) electrons. The lowest BCUT2D eigenvalue weighted by Gasteiger charge is -2.09. The SMILES string of the molecule is Cn1c(C(=O)Nc2cccc(Cn3cccn3)c2)cc2c(Cl)cccc21. The van der Waals surface area contributed by atoms with E-state index in [1.54, 1.807) is 6.20 Å². The van der Waals surface area contributed by atoms with Crippen molar-refractivity contribution in [2.75, 3.05) is 5.32 Å². The summed E-state index contributed by atoms with van der Waals surface area (Å²) in [6.45, 7) is 0.653. The van der Waals surface area contributed by atoms with E-state index in [1.807, 2.05) is 77.1 Å². The lowest BCUT2D eigenvalue weighted by Crippen LogP contribution is -2.15. The zero-order valence-electron chi connectivity index (χ0n) is 14.2. The van der Waals surface area contributed by atoms with Crippen molar-refractivity contribution in [3.05, 3.63) is 83.3 Å². The summed E-state index contributed by atoms with van der Waals surface area (Å²) in [5.74, 6) is -0.170. The van der Waals surface area contributed by atoms with Gasteiger partial charge in [0.05, 0.1) is 6.54 Å². The molecule has 1 amide bonds. The quantitative estimate of drug-likeness (QED) is 0.586. The number of nitrogens with one attached hydrogen (secondary N) is 1. The number of amides is 1. The number of benzene rings is 2. The Morgan fingerprint density at radius 2 is 2.00 bits per heavy atom. The summed E-state index contributed by atoms with van der Waals surface area (Å²) >= 11 is 6.24. The number of aromatic nitrogens is 3. The molecule has 0 fully saturated rings. The standard InChI is InChI=1S/C20H17ClN4O/c1-24-18-8-3-7-17(21)16(18)12-19(24)20(26)23-15-6-2-5-14(11-15)13-25-10-4-9-22-25/h2-12H,13H2,1H3,(H,23,26). The third kappa shape index (κ3) is 3.09. The van der Waals surface area contributed by atoms with Gasteiger partial charge in [0.25, 0.3) is 5.91 Å². The van der Waals surface area contributed by atoms with Gasteiger partial charge in [0.2, 0.25) is 0 Å². The highest BCUT2D eigenvalue weighted by molar-refractivity contribution is 6.35. The van der Waals surface area contributed by atoms with Crippen LogP contribution in [0.1, 0.15) is 16.1 Å². The van der Waals surface area contributed by atoms with Gasteiger partial charge in [-0.1, -0.05) is 29.8 Å². The average molecular weight is 365 g/mol. The fourth-order valence-electron chi connectivity index (χ4n) is 3.07. The Bertz CT molecular complexity index is 1080. The molecule has 4 aromatic rings. The summed E-state index contributed by atoms with van der Waals surface area (Å²) in [6, 6.07) is 17.1. The third-order valence-corrected chi connectivity index (χ3v) is 4.68. The van der Waals surface area contributed by atoms with E-state index in [4.69, 9.17) is 11.6 Å². The number of carbonyl (C=O) groups is 1. The first-order chi connectivity index (χ1) is 12.6. The van der Waals surface area contributed by atoms with E-state index in [2.05, 4.69) is 10.4 Å². The van der Waals surface area contributed by atoms with Crippen molar-refractivity contribution in [3.8, 4) is 0 Å². The molecule has 26 heavy (non-hydrogen) atoms. The predicted octanol–water partition coefficient (Wildman–Crippen LogP) is 4.33. The molecule has 0 unspecified atom stereocenters. The highest BCUT2D eigenvalue weighted by Crippen LogP contribution is 2.26. The molecule has 2 aromatic carbocycles. The van der Waals surface area contributed by atoms with Crippen LogP contribution in [-0.4, -0.2) is 20.3 Å². The van der Waals surface area contributed by atoms with Gasteiger partial charge >= 0.3 is 0 Å². The molecule has 130 valence electrons. The molecule has 0 aliphatic rings. The van der Waals surface area contributed by atoms with E-state index >= 15 is 0 Å². The molecule has 0 spiro atoms. The number of carbonyl (C=O) groups excluding carboxylic acids is 1. The van der Waals surface area contributed by atoms with Gasteiger partial charge in [-0.3, -0.25) is 9.48 Å². The number of hydrogen-bond acceptors (Lipinski definition) is 2. The number of hydrogen-bond donors (Lipinski definition) is 1. The molecule has 0 saturated carbocycles. The largest absolute Gasteiger partial charge is 0.340 e. The molecule has 6 heteroatoms. The summed E-state index contributed by atoms with van der Waals surface area (Å²) in [6.07, 6.45) is 3.65. The molecular weight excluding hydrogens is 348 g/mol. The molecule has 2 heterocycles. The normalized spacial score (nSPS) is 11.0. The minimum absolute atomic E-state index is 0.170. The second kappa shape index (κ2) is 6.69. The minimum atomic E-state index is -0.170. The first-order valence-electron chi connectivity index (χ1n) is 8.23. The Balaban J connectivity index is 1.59. The maximum atomic E-state index is 12.8. The van der Waals surface area contributed by atoms with Gasteiger partial charge < -0.3 is 9.88 Å². The Morgan fingerprint density at radius 3 is 2.77 bits per heavy atom. The van der Waals surface area contributed by atoms with E-state index in [0.29, 0.717) is 17.3 Å². The molecule has 4 rings (SSSR count). The fraction of sp³-hybridized carbons (Fsp3) is 0.100. The van der Waals surface area contributed by atoms with Crippen molar-refractivity contribution in [2.24, 2.45) is 7.05 Å². The van der Waals surface area contributed by atoms with Crippen molar-refractivity contribution >= 4 is 34.1 Å². The van der Waals surface area contributed by atoms with Crippen LogP contribution in [0.15, 0.2) is 67.0 Å². The zero-order chi connectivity index (χ0) is 18.1. The molecule has 5 nitrogen and oxygen atoms in total. The summed E-state index contributed by atoms with van der Waals surface area (Å²) in [4.78, 5) is 12.8. The van der Waals surface area contributed by atoms with Gasteiger partial charge in [-0.25, -0.2) is 0 Å². The fourth-order valence-corrected chi connectivity index (χ4v) is 3.29. The number of anilines is 1. The van der Waals surface area contributed by atoms with Gasteiger partial charge in [-0.2, -0.15) is 5.10 Å². The smallest absolute Gasteiger partial charge is 0.272 e. The number of halogens is 1. The Labute approximate surface area is 155 Å². The van der Waals surface area contributed by atoms with Crippen LogP contribution in [-0.2, 0) is 13.6 Å². The van der Waals surface area contributed by atoms with Crippen molar-refractivity contribution < 1.29 is 4.79 Å². The van der Waals surface area contributed by atoms with Crippen LogP contribution >= 0.6 is 11.6 Å². The maximum absolute atomic E-state index is 12.8. The van der Waals surface area contributed by atoms with Crippen molar-refractivity contribution in [1.29, 1.82) is 0 Å². The third-order valence-electron chi connectivity index (χ3n) is 4.35. The highest BCUT2D eigenvalue weighted by Gasteiger charge is 2.15. The van der Waals surface area contributed by atoms with Crippen LogP contribution in [0.3, 0.4) is 0 Å². The molecular formula is C20H17ClN4O. The van der Waals surface area contributed by atoms with Gasteiger partial charge in [0, 0.05) is 41.1 Å². The number of aryl methyl sites for hydroxylation is 1. The van der Waals surface area contributed by atoms with Crippen LogP contribution < -0.4 is 5.32 Å². The van der Waals surface area contributed by atoms with E-state index in [0.717, 1.165) is 22.2 Å². The Hall–Kier alpha value is -3.05. The molecule has 0 bridgehead atoms. The molecule has 0 aliphatic carbocycles. The van der Waals surface area contributed by atoms with Crippen LogP contribution in [0.25, 0.3) is 10.9 Å². The summed E-state index contributed by atoms with van der Waals surface area (Å²) in [5, 5.41) is 8.68. The number of fused-ring (bicyclic) bond motifs is 1. The van der Waals surface area contributed by atoms with E-state index in [9.17, 15) is 4.79 Å². The van der Waals surface area contributed by atoms with Gasteiger partial charge in [0.1, 0.15) is 5.69 Å². The summed E-state index contributed by atoms with van der Waals surface area (Å²) in [5.41, 5.74) is 3.29. The van der Waals surface area contributed by atoms with Crippen molar-refractivity contribution in [3.63, 3.8) is 0 Å². The van der Waals surface area contributed by atoms with Crippen LogP contribution in [0.2, 0.25) is 5.02 Å². The van der Waals surface area contributed by atoms with Crippen LogP contribution in [0.5, 0.6) is 0 Å². The Kier molecular flexibility index (Phi) is 4.22. The predicted molar refractivity (Wildman–Crippen MR) is 104 cm³/mol. The molecule has 2 aromatic heterocycles. The summed E-state index contributed by atoms with van der Waals surface area (Å²) in [7, 11) is 1.86. The molecule has 0 atom stereocenters. The second-order valence-electron chi connectivity index (χ2n) is 6.12. The lowest BCUT2D eigenvalue weighted by atomic mass is 10.2. The monoisotopic (exact) mass is 364 g/mol. The van der Waals surface area contributed by atoms with Crippen LogP contribution in [0.4, 0.5) is 5.69 Å². The van der Waals surface area contributed by atoms with Crippen molar-refractivity contribution in [1.82, 2.24) is 14.3 Å².